The first-order valence-corrected chi connectivity index (χ1v) is 6.32. The van der Waals surface area contributed by atoms with Gasteiger partial charge in [0.05, 0.1) is 6.61 Å². The van der Waals surface area contributed by atoms with Crippen molar-refractivity contribution < 1.29 is 10.2 Å². The quantitative estimate of drug-likeness (QED) is 0.894. The number of aliphatic hydroxyl groups excluding tert-OH is 1. The average molecular weight is 286 g/mol. The minimum Gasteiger partial charge on any atom is -0.508 e. The summed E-state index contributed by atoms with van der Waals surface area (Å²) in [5.74, 6) is 0.290. The third-order valence-electron chi connectivity index (χ3n) is 3.11. The van der Waals surface area contributed by atoms with E-state index in [1.165, 1.54) is 0 Å². The number of hydrogen-bond acceptors (Lipinski definition) is 3. The lowest BCUT2D eigenvalue weighted by molar-refractivity contribution is 0.153. The molecule has 1 saturated heterocycles. The van der Waals surface area contributed by atoms with Gasteiger partial charge < -0.3 is 10.2 Å². The number of phenolic OH excluding ortho intramolecular Hbond substituents is 1. The smallest absolute Gasteiger partial charge is 0.115 e. The molecule has 1 aromatic carbocycles. The Balaban J connectivity index is 2.11. The van der Waals surface area contributed by atoms with Crippen molar-refractivity contribution in [3.05, 3.63) is 28.2 Å². The molecule has 2 rings (SSSR count). The number of benzene rings is 1. The Morgan fingerprint density at radius 3 is 3.00 bits per heavy atom. The van der Waals surface area contributed by atoms with Crippen LogP contribution in [0.3, 0.4) is 0 Å². The summed E-state index contributed by atoms with van der Waals surface area (Å²) in [6.07, 6.45) is 2.20. The first-order chi connectivity index (χ1) is 7.70. The summed E-state index contributed by atoms with van der Waals surface area (Å²) in [6.45, 7) is 2.02. The summed E-state index contributed by atoms with van der Waals surface area (Å²) >= 11 is 3.48. The Labute approximate surface area is 104 Å². The highest BCUT2D eigenvalue weighted by Crippen LogP contribution is 2.26. The second-order valence-electron chi connectivity index (χ2n) is 4.22. The van der Waals surface area contributed by atoms with Crippen LogP contribution in [0.25, 0.3) is 0 Å². The molecule has 1 heterocycles. The van der Waals surface area contributed by atoms with E-state index in [-0.39, 0.29) is 18.4 Å². The van der Waals surface area contributed by atoms with Crippen LogP contribution in [0.5, 0.6) is 5.75 Å². The molecule has 0 amide bonds. The number of aliphatic hydroxyl groups is 1. The van der Waals surface area contributed by atoms with Gasteiger partial charge in [-0.25, -0.2) is 0 Å². The largest absolute Gasteiger partial charge is 0.508 e. The van der Waals surface area contributed by atoms with E-state index in [0.717, 1.165) is 36.0 Å². The number of nitrogens with zero attached hydrogens (tertiary/aromatic N) is 1. The van der Waals surface area contributed by atoms with Crippen molar-refractivity contribution in [2.75, 3.05) is 13.2 Å². The predicted molar refractivity (Wildman–Crippen MR) is 66.3 cm³/mol. The Bertz CT molecular complexity index is 370. The topological polar surface area (TPSA) is 43.7 Å². The van der Waals surface area contributed by atoms with E-state index in [1.54, 1.807) is 12.1 Å². The standard InChI is InChI=1S/C12H16BrNO2/c13-12-4-3-11(16)6-9(12)7-14-5-1-2-10(14)8-15/h3-4,6,10,15-16H,1-2,5,7-8H2/t10-/m0/s1. The molecule has 0 radical (unpaired) electrons. The fraction of sp³-hybridized carbons (Fsp3) is 0.500. The van der Waals surface area contributed by atoms with Crippen LogP contribution in [0.1, 0.15) is 18.4 Å². The van der Waals surface area contributed by atoms with E-state index in [4.69, 9.17) is 0 Å². The van der Waals surface area contributed by atoms with Gasteiger partial charge in [0.25, 0.3) is 0 Å². The summed E-state index contributed by atoms with van der Waals surface area (Å²) in [7, 11) is 0. The zero-order valence-electron chi connectivity index (χ0n) is 9.06. The van der Waals surface area contributed by atoms with Gasteiger partial charge in [0.15, 0.2) is 0 Å². The SMILES string of the molecule is OC[C@@H]1CCCN1Cc1cc(O)ccc1Br. The Morgan fingerprint density at radius 1 is 1.44 bits per heavy atom. The molecule has 4 heteroatoms. The van der Waals surface area contributed by atoms with Crippen molar-refractivity contribution in [1.29, 1.82) is 0 Å². The molecule has 0 unspecified atom stereocenters. The second-order valence-corrected chi connectivity index (χ2v) is 5.08. The molecule has 16 heavy (non-hydrogen) atoms. The maximum atomic E-state index is 9.45. The lowest BCUT2D eigenvalue weighted by Gasteiger charge is -2.23. The molecule has 0 saturated carbocycles. The number of hydrogen-bond donors (Lipinski definition) is 2. The minimum atomic E-state index is 0.219. The van der Waals surface area contributed by atoms with Crippen LogP contribution in [-0.2, 0) is 6.54 Å². The average Bonchev–Trinajstić information content (AvgIpc) is 2.71. The zero-order valence-corrected chi connectivity index (χ0v) is 10.7. The molecule has 0 bridgehead atoms. The molecule has 88 valence electrons. The molecule has 1 aliphatic heterocycles. The maximum absolute atomic E-state index is 9.45. The van der Waals surface area contributed by atoms with Crippen LogP contribution >= 0.6 is 15.9 Å². The lowest BCUT2D eigenvalue weighted by Crippen LogP contribution is -2.31. The lowest BCUT2D eigenvalue weighted by atomic mass is 10.2. The Morgan fingerprint density at radius 2 is 2.25 bits per heavy atom. The van der Waals surface area contributed by atoms with Gasteiger partial charge in [-0.15, -0.1) is 0 Å². The third kappa shape index (κ3) is 2.56. The summed E-state index contributed by atoms with van der Waals surface area (Å²) in [5.41, 5.74) is 1.07. The van der Waals surface area contributed by atoms with Gasteiger partial charge in [0.2, 0.25) is 0 Å². The van der Waals surface area contributed by atoms with Crippen LogP contribution in [0.4, 0.5) is 0 Å². The Hall–Kier alpha value is -0.580. The molecule has 2 N–H and O–H groups in total. The van der Waals surface area contributed by atoms with Crippen molar-refractivity contribution >= 4 is 15.9 Å². The third-order valence-corrected chi connectivity index (χ3v) is 3.89. The monoisotopic (exact) mass is 285 g/mol. The maximum Gasteiger partial charge on any atom is 0.115 e. The Kier molecular flexibility index (Phi) is 3.84. The highest BCUT2D eigenvalue weighted by molar-refractivity contribution is 9.10. The summed E-state index contributed by atoms with van der Waals surface area (Å²) < 4.78 is 1.01. The van der Waals surface area contributed by atoms with Crippen LogP contribution < -0.4 is 0 Å². The van der Waals surface area contributed by atoms with Crippen LogP contribution in [-0.4, -0.2) is 34.3 Å². The van der Waals surface area contributed by atoms with Gasteiger partial charge in [-0.2, -0.15) is 0 Å². The molecule has 0 aliphatic carbocycles. The van der Waals surface area contributed by atoms with Crippen molar-refractivity contribution in [2.45, 2.75) is 25.4 Å². The van der Waals surface area contributed by atoms with Crippen molar-refractivity contribution in [2.24, 2.45) is 0 Å². The molecule has 1 atom stereocenters. The van der Waals surface area contributed by atoms with Crippen LogP contribution in [0.15, 0.2) is 22.7 Å². The van der Waals surface area contributed by atoms with E-state index >= 15 is 0 Å². The normalized spacial score (nSPS) is 21.5. The number of phenols is 1. The van der Waals surface area contributed by atoms with Gasteiger partial charge in [-0.05, 0) is 43.1 Å². The van der Waals surface area contributed by atoms with Gasteiger partial charge in [-0.3, -0.25) is 4.90 Å². The van der Waals surface area contributed by atoms with E-state index in [0.29, 0.717) is 0 Å². The molecular weight excluding hydrogens is 270 g/mol. The summed E-state index contributed by atoms with van der Waals surface area (Å²) in [4.78, 5) is 2.26. The van der Waals surface area contributed by atoms with Gasteiger partial charge >= 0.3 is 0 Å². The number of likely N-dealkylation sites (tertiary alicyclic amines) is 1. The molecule has 1 aromatic rings. The van der Waals surface area contributed by atoms with Gasteiger partial charge in [0.1, 0.15) is 5.75 Å². The predicted octanol–water partition coefficient (Wildman–Crippen LogP) is 2.11. The highest BCUT2D eigenvalue weighted by atomic mass is 79.9. The van der Waals surface area contributed by atoms with E-state index in [1.807, 2.05) is 6.07 Å². The fourth-order valence-electron chi connectivity index (χ4n) is 2.21. The second kappa shape index (κ2) is 5.17. The minimum absolute atomic E-state index is 0.219. The van der Waals surface area contributed by atoms with E-state index < -0.39 is 0 Å². The highest BCUT2D eigenvalue weighted by Gasteiger charge is 2.24. The first-order valence-electron chi connectivity index (χ1n) is 5.53. The number of aromatic hydroxyl groups is 1. The molecule has 0 aromatic heterocycles. The van der Waals surface area contributed by atoms with Crippen molar-refractivity contribution in [1.82, 2.24) is 4.90 Å². The van der Waals surface area contributed by atoms with Crippen LogP contribution in [0, 0.1) is 0 Å². The number of rotatable bonds is 3. The zero-order chi connectivity index (χ0) is 11.5. The van der Waals surface area contributed by atoms with Gasteiger partial charge in [0, 0.05) is 17.1 Å². The summed E-state index contributed by atoms with van der Waals surface area (Å²) in [6, 6.07) is 5.57. The van der Waals surface area contributed by atoms with Crippen LogP contribution in [0.2, 0.25) is 0 Å². The fourth-order valence-corrected chi connectivity index (χ4v) is 2.58. The molecule has 0 spiro atoms. The molecule has 1 aliphatic rings. The van der Waals surface area contributed by atoms with Gasteiger partial charge in [-0.1, -0.05) is 15.9 Å². The van der Waals surface area contributed by atoms with Crippen molar-refractivity contribution in [3.8, 4) is 5.75 Å². The summed E-state index contributed by atoms with van der Waals surface area (Å²) in [5, 5.41) is 18.7. The molecule has 3 nitrogen and oxygen atoms in total. The van der Waals surface area contributed by atoms with Crippen molar-refractivity contribution in [3.63, 3.8) is 0 Å². The first kappa shape index (κ1) is 11.9. The van der Waals surface area contributed by atoms with E-state index in [2.05, 4.69) is 20.8 Å². The molecular formula is C12H16BrNO2. The molecule has 1 fully saturated rings. The van der Waals surface area contributed by atoms with E-state index in [9.17, 15) is 10.2 Å². The number of halogens is 1.